The Hall–Kier alpha value is -4.86. The molecule has 1 aromatic heterocycles. The number of hydrogen-bond donors (Lipinski definition) is 3. The highest BCUT2D eigenvalue weighted by molar-refractivity contribution is 5.93. The van der Waals surface area contributed by atoms with Crippen molar-refractivity contribution in [2.75, 3.05) is 5.32 Å². The molecule has 37 heavy (non-hydrogen) atoms. The molecular formula is C24H19F3N6O4. The summed E-state index contributed by atoms with van der Waals surface area (Å²) >= 11 is 0. The van der Waals surface area contributed by atoms with Crippen LogP contribution in [0.4, 0.5) is 29.3 Å². The predicted molar refractivity (Wildman–Crippen MR) is 123 cm³/mol. The highest BCUT2D eigenvalue weighted by atomic mass is 19.4. The van der Waals surface area contributed by atoms with Crippen LogP contribution in [0.1, 0.15) is 24.0 Å². The van der Waals surface area contributed by atoms with E-state index in [1.807, 2.05) is 6.07 Å². The van der Waals surface area contributed by atoms with Gasteiger partial charge in [-0.3, -0.25) is 4.79 Å². The van der Waals surface area contributed by atoms with E-state index in [1.165, 1.54) is 24.8 Å². The number of anilines is 2. The number of carbonyl (C=O) groups excluding carboxylic acids is 2. The molecule has 13 heteroatoms. The molecule has 1 aliphatic rings. The molecule has 1 saturated carbocycles. The lowest BCUT2D eigenvalue weighted by Crippen LogP contribution is -2.49. The lowest BCUT2D eigenvalue weighted by Gasteiger charge is -2.17. The second-order valence-corrected chi connectivity index (χ2v) is 8.04. The van der Waals surface area contributed by atoms with Gasteiger partial charge in [0.05, 0.1) is 23.6 Å². The van der Waals surface area contributed by atoms with Gasteiger partial charge in [0.2, 0.25) is 5.91 Å². The Morgan fingerprint density at radius 2 is 1.76 bits per heavy atom. The average molecular weight is 512 g/mol. The Bertz CT molecular complexity index is 1320. The van der Waals surface area contributed by atoms with Crippen molar-refractivity contribution in [3.63, 3.8) is 0 Å². The van der Waals surface area contributed by atoms with E-state index in [0.29, 0.717) is 24.2 Å². The zero-order valence-electron chi connectivity index (χ0n) is 19.0. The maximum Gasteiger partial charge on any atom is 0.573 e. The summed E-state index contributed by atoms with van der Waals surface area (Å²) in [6, 6.07) is 12.1. The first-order chi connectivity index (χ1) is 17.7. The Kier molecular flexibility index (Phi) is 7.10. The van der Waals surface area contributed by atoms with Crippen LogP contribution in [0.25, 0.3) is 0 Å². The van der Waals surface area contributed by atoms with E-state index < -0.39 is 23.7 Å². The number of hydrogen-bond acceptors (Lipinski definition) is 8. The standard InChI is InChI=1S/C24H19F3N6O4/c25-24(26,27)37-18-5-6-20(16(9-18)10-28)32-17-3-1-15(2-4-17)11-31-21(34)23(7-8-23)33-22(35)36-19-12-29-14-30-13-19/h1-6,9,12-14,32H,7-8,11H2,(H,31,34)(H,33,35). The minimum atomic E-state index is -4.86. The van der Waals surface area contributed by atoms with Gasteiger partial charge in [-0.05, 0) is 42.7 Å². The van der Waals surface area contributed by atoms with Gasteiger partial charge in [0, 0.05) is 18.3 Å². The number of nitriles is 1. The third kappa shape index (κ3) is 6.85. The largest absolute Gasteiger partial charge is 0.573 e. The molecule has 0 unspecified atom stereocenters. The van der Waals surface area contributed by atoms with Crippen LogP contribution in [0.3, 0.4) is 0 Å². The quantitative estimate of drug-likeness (QED) is 0.413. The number of nitrogens with one attached hydrogen (secondary N) is 3. The molecule has 2 amide bonds. The molecule has 0 spiro atoms. The van der Waals surface area contributed by atoms with Crippen molar-refractivity contribution in [3.8, 4) is 17.6 Å². The van der Waals surface area contributed by atoms with E-state index in [9.17, 15) is 28.0 Å². The molecule has 0 saturated heterocycles. The molecule has 4 rings (SSSR count). The zero-order chi connectivity index (χ0) is 26.5. The monoisotopic (exact) mass is 512 g/mol. The summed E-state index contributed by atoms with van der Waals surface area (Å²) in [5.74, 6) is -0.695. The van der Waals surface area contributed by atoms with Crippen molar-refractivity contribution in [3.05, 3.63) is 72.3 Å². The van der Waals surface area contributed by atoms with Gasteiger partial charge in [-0.15, -0.1) is 13.2 Å². The number of nitrogens with zero attached hydrogens (tertiary/aromatic N) is 3. The van der Waals surface area contributed by atoms with E-state index in [4.69, 9.17) is 4.74 Å². The van der Waals surface area contributed by atoms with Crippen LogP contribution < -0.4 is 25.4 Å². The van der Waals surface area contributed by atoms with Crippen molar-refractivity contribution in [2.45, 2.75) is 31.3 Å². The lowest BCUT2D eigenvalue weighted by atomic mass is 10.1. The van der Waals surface area contributed by atoms with Gasteiger partial charge in [-0.1, -0.05) is 12.1 Å². The van der Waals surface area contributed by atoms with Crippen LogP contribution >= 0.6 is 0 Å². The third-order valence-corrected chi connectivity index (χ3v) is 5.30. The number of aromatic nitrogens is 2. The summed E-state index contributed by atoms with van der Waals surface area (Å²) in [7, 11) is 0. The lowest BCUT2D eigenvalue weighted by molar-refractivity contribution is -0.274. The summed E-state index contributed by atoms with van der Waals surface area (Å²) in [6.07, 6.45) is -0.768. The highest BCUT2D eigenvalue weighted by Crippen LogP contribution is 2.36. The summed E-state index contributed by atoms with van der Waals surface area (Å²) < 4.78 is 46.1. The van der Waals surface area contributed by atoms with Gasteiger partial charge in [0.25, 0.3) is 0 Å². The van der Waals surface area contributed by atoms with E-state index in [1.54, 1.807) is 24.3 Å². The van der Waals surface area contributed by atoms with Gasteiger partial charge < -0.3 is 25.4 Å². The Balaban J connectivity index is 1.30. The number of amides is 2. The fraction of sp³-hybridized carbons (Fsp3) is 0.208. The molecule has 0 atom stereocenters. The van der Waals surface area contributed by atoms with Gasteiger partial charge in [-0.2, -0.15) is 5.26 Å². The molecule has 3 aromatic rings. The smallest absolute Gasteiger partial charge is 0.407 e. The number of benzene rings is 2. The second-order valence-electron chi connectivity index (χ2n) is 8.04. The fourth-order valence-corrected chi connectivity index (χ4v) is 3.33. The number of halogens is 3. The van der Waals surface area contributed by atoms with Gasteiger partial charge in [-0.25, -0.2) is 14.8 Å². The number of ether oxygens (including phenoxy) is 2. The van der Waals surface area contributed by atoms with Crippen molar-refractivity contribution >= 4 is 23.4 Å². The molecule has 1 heterocycles. The van der Waals surface area contributed by atoms with Crippen LogP contribution in [0.15, 0.2) is 61.2 Å². The molecule has 10 nitrogen and oxygen atoms in total. The second kappa shape index (κ2) is 10.4. The normalized spacial score (nSPS) is 13.6. The molecule has 190 valence electrons. The van der Waals surface area contributed by atoms with Gasteiger partial charge >= 0.3 is 12.5 Å². The SMILES string of the molecule is N#Cc1cc(OC(F)(F)F)ccc1Nc1ccc(CNC(=O)C2(NC(=O)Oc3cncnc3)CC2)cc1. The first-order valence-corrected chi connectivity index (χ1v) is 10.8. The third-order valence-electron chi connectivity index (χ3n) is 5.30. The van der Waals surface area contributed by atoms with Crippen LogP contribution in [-0.4, -0.2) is 33.9 Å². The zero-order valence-corrected chi connectivity index (χ0v) is 19.0. The van der Waals surface area contributed by atoms with Crippen molar-refractivity contribution < 1.29 is 32.2 Å². The van der Waals surface area contributed by atoms with Crippen LogP contribution in [0.2, 0.25) is 0 Å². The molecular weight excluding hydrogens is 493 g/mol. The van der Waals surface area contributed by atoms with Crippen molar-refractivity contribution in [1.29, 1.82) is 5.26 Å². The molecule has 2 aromatic carbocycles. The topological polar surface area (TPSA) is 138 Å². The summed E-state index contributed by atoms with van der Waals surface area (Å²) in [5.41, 5.74) is 0.564. The van der Waals surface area contributed by atoms with Crippen molar-refractivity contribution in [2.24, 2.45) is 0 Å². The number of alkyl halides is 3. The Morgan fingerprint density at radius 3 is 2.38 bits per heavy atom. The van der Waals surface area contributed by atoms with Crippen LogP contribution in [0, 0.1) is 11.3 Å². The minimum Gasteiger partial charge on any atom is -0.407 e. The maximum atomic E-state index is 12.7. The molecule has 1 fully saturated rings. The van der Waals surface area contributed by atoms with Gasteiger partial charge in [0.15, 0.2) is 5.75 Å². The van der Waals surface area contributed by atoms with Crippen LogP contribution in [0.5, 0.6) is 11.5 Å². The van der Waals surface area contributed by atoms with E-state index in [2.05, 4.69) is 30.7 Å². The van der Waals surface area contributed by atoms with Gasteiger partial charge in [0.1, 0.15) is 23.7 Å². The Morgan fingerprint density at radius 1 is 1.05 bits per heavy atom. The van der Waals surface area contributed by atoms with Crippen LogP contribution in [-0.2, 0) is 11.3 Å². The summed E-state index contributed by atoms with van der Waals surface area (Å²) in [4.78, 5) is 32.2. The molecule has 0 aliphatic heterocycles. The molecule has 0 radical (unpaired) electrons. The first-order valence-electron chi connectivity index (χ1n) is 10.8. The van der Waals surface area contributed by atoms with Crippen molar-refractivity contribution in [1.82, 2.24) is 20.6 Å². The molecule has 1 aliphatic carbocycles. The molecule has 0 bridgehead atoms. The fourth-order valence-electron chi connectivity index (χ4n) is 3.33. The minimum absolute atomic E-state index is 0.0290. The Labute approximate surface area is 208 Å². The average Bonchev–Trinajstić information content (AvgIpc) is 3.64. The van der Waals surface area contributed by atoms with E-state index in [0.717, 1.165) is 17.7 Å². The highest BCUT2D eigenvalue weighted by Gasteiger charge is 2.51. The molecule has 3 N–H and O–H groups in total. The van der Waals surface area contributed by atoms with E-state index in [-0.39, 0.29) is 23.8 Å². The predicted octanol–water partition coefficient (Wildman–Crippen LogP) is 3.93. The number of rotatable bonds is 8. The maximum absolute atomic E-state index is 12.7. The summed E-state index contributed by atoms with van der Waals surface area (Å²) in [6.45, 7) is 0.192. The first kappa shape index (κ1) is 25.2. The summed E-state index contributed by atoms with van der Waals surface area (Å²) in [5, 5.41) is 17.6. The number of carbonyl (C=O) groups is 2. The van der Waals surface area contributed by atoms with E-state index >= 15 is 0 Å².